The first-order valence-electron chi connectivity index (χ1n) is 8.57. The van der Waals surface area contributed by atoms with Crippen LogP contribution in [0.2, 0.25) is 0 Å². The third-order valence-corrected chi connectivity index (χ3v) is 4.44. The number of hydrogen-bond donors (Lipinski definition) is 1. The van der Waals surface area contributed by atoms with Crippen molar-refractivity contribution in [1.29, 1.82) is 0 Å². The summed E-state index contributed by atoms with van der Waals surface area (Å²) in [5.74, 6) is -0.203. The third kappa shape index (κ3) is 3.63. The van der Waals surface area contributed by atoms with Gasteiger partial charge in [0.05, 0.1) is 5.52 Å². The van der Waals surface area contributed by atoms with Crippen molar-refractivity contribution in [1.82, 2.24) is 4.57 Å². The van der Waals surface area contributed by atoms with E-state index in [1.807, 2.05) is 55.5 Å². The van der Waals surface area contributed by atoms with Gasteiger partial charge in [-0.3, -0.25) is 14.2 Å². The van der Waals surface area contributed by atoms with Gasteiger partial charge in [0.25, 0.3) is 0 Å². The first kappa shape index (κ1) is 17.0. The molecule has 0 aliphatic rings. The van der Waals surface area contributed by atoms with Gasteiger partial charge in [0.1, 0.15) is 0 Å². The van der Waals surface area contributed by atoms with E-state index in [-0.39, 0.29) is 24.7 Å². The zero-order valence-electron chi connectivity index (χ0n) is 14.6. The summed E-state index contributed by atoms with van der Waals surface area (Å²) in [6.07, 6.45) is 2.97. The molecule has 4 heteroatoms. The number of anilines is 1. The Labute approximate surface area is 147 Å². The number of aromatic nitrogens is 1. The fourth-order valence-electron chi connectivity index (χ4n) is 3.05. The minimum absolute atomic E-state index is 0.0724. The second-order valence-corrected chi connectivity index (χ2v) is 6.15. The Morgan fingerprint density at radius 2 is 1.80 bits per heavy atom. The van der Waals surface area contributed by atoms with Crippen molar-refractivity contribution in [3.63, 3.8) is 0 Å². The molecular formula is C21H22N2O2. The van der Waals surface area contributed by atoms with Gasteiger partial charge < -0.3 is 5.32 Å². The molecule has 0 atom stereocenters. The molecule has 3 aromatic rings. The Hall–Kier alpha value is -2.88. The highest BCUT2D eigenvalue weighted by molar-refractivity contribution is 5.97. The SMILES string of the molecule is CCc1cccc(C)c1NC(=O)CCC(=O)n1ccc2ccccc21. The van der Waals surface area contributed by atoms with Crippen molar-refractivity contribution >= 4 is 28.4 Å². The monoisotopic (exact) mass is 334 g/mol. The van der Waals surface area contributed by atoms with Crippen LogP contribution < -0.4 is 5.32 Å². The van der Waals surface area contributed by atoms with Crippen molar-refractivity contribution in [2.45, 2.75) is 33.1 Å². The van der Waals surface area contributed by atoms with E-state index in [0.717, 1.165) is 34.1 Å². The molecule has 0 radical (unpaired) electrons. The van der Waals surface area contributed by atoms with E-state index in [2.05, 4.69) is 12.2 Å². The molecule has 2 aromatic carbocycles. The van der Waals surface area contributed by atoms with Crippen LogP contribution in [0.15, 0.2) is 54.7 Å². The number of amides is 1. The van der Waals surface area contributed by atoms with Crippen LogP contribution >= 0.6 is 0 Å². The molecule has 1 heterocycles. The molecule has 4 nitrogen and oxygen atoms in total. The summed E-state index contributed by atoms with van der Waals surface area (Å²) >= 11 is 0. The molecule has 3 rings (SSSR count). The minimum Gasteiger partial charge on any atom is -0.326 e. The predicted molar refractivity (Wildman–Crippen MR) is 101 cm³/mol. The van der Waals surface area contributed by atoms with Crippen molar-refractivity contribution in [3.8, 4) is 0 Å². The summed E-state index contributed by atoms with van der Waals surface area (Å²) in [6, 6.07) is 15.6. The molecule has 128 valence electrons. The largest absolute Gasteiger partial charge is 0.326 e. The van der Waals surface area contributed by atoms with Gasteiger partial charge in [0.2, 0.25) is 11.8 Å². The zero-order valence-corrected chi connectivity index (χ0v) is 14.6. The summed E-state index contributed by atoms with van der Waals surface area (Å²) < 4.78 is 1.62. The van der Waals surface area contributed by atoms with Crippen LogP contribution in [0.4, 0.5) is 5.69 Å². The van der Waals surface area contributed by atoms with E-state index in [1.54, 1.807) is 10.8 Å². The van der Waals surface area contributed by atoms with Gasteiger partial charge >= 0.3 is 0 Å². The summed E-state index contributed by atoms with van der Waals surface area (Å²) in [6.45, 7) is 4.04. The van der Waals surface area contributed by atoms with E-state index in [1.165, 1.54) is 0 Å². The van der Waals surface area contributed by atoms with Gasteiger partial charge in [-0.2, -0.15) is 0 Å². The first-order chi connectivity index (χ1) is 12.1. The number of benzene rings is 2. The summed E-state index contributed by atoms with van der Waals surface area (Å²) in [4.78, 5) is 24.7. The number of carbonyl (C=O) groups excluding carboxylic acids is 2. The molecule has 0 bridgehead atoms. The van der Waals surface area contributed by atoms with Crippen LogP contribution in [-0.2, 0) is 11.2 Å². The predicted octanol–water partition coefficient (Wildman–Crippen LogP) is 4.57. The molecule has 1 aromatic heterocycles. The molecule has 0 saturated carbocycles. The summed E-state index contributed by atoms with van der Waals surface area (Å²) in [5.41, 5.74) is 3.89. The third-order valence-electron chi connectivity index (χ3n) is 4.44. The second kappa shape index (κ2) is 7.34. The Morgan fingerprint density at radius 3 is 2.60 bits per heavy atom. The fraction of sp³-hybridized carbons (Fsp3) is 0.238. The van der Waals surface area contributed by atoms with E-state index >= 15 is 0 Å². The van der Waals surface area contributed by atoms with Crippen LogP contribution in [0.25, 0.3) is 10.9 Å². The van der Waals surface area contributed by atoms with Crippen molar-refractivity contribution in [2.24, 2.45) is 0 Å². The first-order valence-corrected chi connectivity index (χ1v) is 8.57. The Bertz CT molecular complexity index is 925. The van der Waals surface area contributed by atoms with Crippen LogP contribution in [0.1, 0.15) is 35.7 Å². The van der Waals surface area contributed by atoms with Crippen molar-refractivity contribution in [2.75, 3.05) is 5.32 Å². The van der Waals surface area contributed by atoms with Crippen LogP contribution in [0.5, 0.6) is 0 Å². The number of nitrogens with zero attached hydrogens (tertiary/aromatic N) is 1. The van der Waals surface area contributed by atoms with E-state index in [0.29, 0.717) is 0 Å². The number of fused-ring (bicyclic) bond motifs is 1. The lowest BCUT2D eigenvalue weighted by atomic mass is 10.1. The summed E-state index contributed by atoms with van der Waals surface area (Å²) in [5, 5.41) is 3.99. The van der Waals surface area contributed by atoms with Crippen molar-refractivity contribution in [3.05, 3.63) is 65.9 Å². The van der Waals surface area contributed by atoms with Gasteiger partial charge in [0.15, 0.2) is 0 Å². The Kier molecular flexibility index (Phi) is 4.98. The van der Waals surface area contributed by atoms with E-state index in [9.17, 15) is 9.59 Å². The topological polar surface area (TPSA) is 51.1 Å². The molecule has 1 N–H and O–H groups in total. The molecule has 0 unspecified atom stereocenters. The van der Waals surface area contributed by atoms with E-state index in [4.69, 9.17) is 0 Å². The van der Waals surface area contributed by atoms with Crippen LogP contribution in [0.3, 0.4) is 0 Å². The van der Waals surface area contributed by atoms with Gasteiger partial charge in [-0.1, -0.05) is 43.3 Å². The zero-order chi connectivity index (χ0) is 17.8. The Morgan fingerprint density at radius 1 is 1.00 bits per heavy atom. The minimum atomic E-state index is -0.131. The molecule has 0 fully saturated rings. The molecule has 0 spiro atoms. The lowest BCUT2D eigenvalue weighted by Gasteiger charge is -2.13. The normalized spacial score (nSPS) is 10.8. The number of nitrogens with one attached hydrogen (secondary N) is 1. The highest BCUT2D eigenvalue weighted by atomic mass is 16.2. The average Bonchev–Trinajstić information content (AvgIpc) is 3.05. The lowest BCUT2D eigenvalue weighted by Crippen LogP contribution is -2.17. The quantitative estimate of drug-likeness (QED) is 0.743. The van der Waals surface area contributed by atoms with Gasteiger partial charge in [-0.25, -0.2) is 0 Å². The van der Waals surface area contributed by atoms with E-state index < -0.39 is 0 Å². The van der Waals surface area contributed by atoms with Crippen molar-refractivity contribution < 1.29 is 9.59 Å². The summed E-state index contributed by atoms with van der Waals surface area (Å²) in [7, 11) is 0. The van der Waals surface area contributed by atoms with Crippen LogP contribution in [0, 0.1) is 6.92 Å². The molecule has 0 aliphatic carbocycles. The maximum atomic E-state index is 12.4. The molecular weight excluding hydrogens is 312 g/mol. The maximum Gasteiger partial charge on any atom is 0.231 e. The molecule has 0 aliphatic heterocycles. The molecule has 0 saturated heterocycles. The average molecular weight is 334 g/mol. The van der Waals surface area contributed by atoms with Gasteiger partial charge in [0, 0.05) is 30.1 Å². The maximum absolute atomic E-state index is 12.4. The number of carbonyl (C=O) groups is 2. The smallest absolute Gasteiger partial charge is 0.231 e. The molecule has 1 amide bonds. The van der Waals surface area contributed by atoms with Gasteiger partial charge in [-0.15, -0.1) is 0 Å². The lowest BCUT2D eigenvalue weighted by molar-refractivity contribution is -0.116. The number of aryl methyl sites for hydroxylation is 2. The van der Waals surface area contributed by atoms with Crippen LogP contribution in [-0.4, -0.2) is 16.4 Å². The second-order valence-electron chi connectivity index (χ2n) is 6.15. The standard InChI is InChI=1S/C21H22N2O2/c1-3-16-9-6-7-15(2)21(16)22-19(24)11-12-20(25)23-14-13-17-8-4-5-10-18(17)23/h4-10,13-14H,3,11-12H2,1-2H3,(H,22,24). The number of rotatable bonds is 5. The van der Waals surface area contributed by atoms with Gasteiger partial charge in [-0.05, 0) is 36.6 Å². The molecule has 25 heavy (non-hydrogen) atoms. The highest BCUT2D eigenvalue weighted by Crippen LogP contribution is 2.21. The fourth-order valence-corrected chi connectivity index (χ4v) is 3.05. The highest BCUT2D eigenvalue weighted by Gasteiger charge is 2.13. The number of hydrogen-bond acceptors (Lipinski definition) is 2. The number of para-hydroxylation sites is 2. The Balaban J connectivity index is 1.66.